The Morgan fingerprint density at radius 3 is 2.41 bits per heavy atom. The molecule has 0 N–H and O–H groups in total. The third kappa shape index (κ3) is 3.69. The standard InChI is InChI=1S/C21H19FN4O/c22-18-9-5-4-8-17(18)20-24-19(14-23)21(27-20)26-12-10-25(11-13-26)15-16-6-2-1-3-7-16/h1-9H,10-13,15H2. The molecule has 0 atom stereocenters. The molecule has 0 amide bonds. The molecule has 0 saturated carbocycles. The number of aromatic nitrogens is 1. The van der Waals surface area contributed by atoms with E-state index in [9.17, 15) is 9.65 Å². The lowest BCUT2D eigenvalue weighted by atomic mass is 10.2. The summed E-state index contributed by atoms with van der Waals surface area (Å²) < 4.78 is 19.8. The summed E-state index contributed by atoms with van der Waals surface area (Å²) in [5.41, 5.74) is 1.75. The second kappa shape index (κ2) is 7.60. The van der Waals surface area contributed by atoms with Crippen LogP contribution in [0.25, 0.3) is 11.5 Å². The van der Waals surface area contributed by atoms with Crippen LogP contribution < -0.4 is 4.90 Å². The molecule has 1 aliphatic heterocycles. The zero-order valence-corrected chi connectivity index (χ0v) is 14.8. The van der Waals surface area contributed by atoms with Gasteiger partial charge in [-0.15, -0.1) is 0 Å². The summed E-state index contributed by atoms with van der Waals surface area (Å²) >= 11 is 0. The quantitative estimate of drug-likeness (QED) is 0.709. The summed E-state index contributed by atoms with van der Waals surface area (Å²) in [6.45, 7) is 4.07. The molecular weight excluding hydrogens is 343 g/mol. The fraction of sp³-hybridized carbons (Fsp3) is 0.238. The third-order valence-electron chi connectivity index (χ3n) is 4.73. The Morgan fingerprint density at radius 2 is 1.70 bits per heavy atom. The normalized spacial score (nSPS) is 14.9. The van der Waals surface area contributed by atoms with Gasteiger partial charge in [-0.3, -0.25) is 4.90 Å². The van der Waals surface area contributed by atoms with Gasteiger partial charge in [0.05, 0.1) is 5.56 Å². The van der Waals surface area contributed by atoms with Crippen molar-refractivity contribution in [3.63, 3.8) is 0 Å². The van der Waals surface area contributed by atoms with Crippen LogP contribution in [-0.2, 0) is 6.54 Å². The molecule has 6 heteroatoms. The van der Waals surface area contributed by atoms with E-state index in [1.807, 2.05) is 23.1 Å². The molecule has 0 radical (unpaired) electrons. The summed E-state index contributed by atoms with van der Waals surface area (Å²) in [7, 11) is 0. The fourth-order valence-electron chi connectivity index (χ4n) is 3.30. The second-order valence-electron chi connectivity index (χ2n) is 6.51. The number of halogens is 1. The van der Waals surface area contributed by atoms with E-state index < -0.39 is 5.82 Å². The first-order chi connectivity index (χ1) is 13.2. The minimum absolute atomic E-state index is 0.145. The van der Waals surface area contributed by atoms with Crippen molar-refractivity contribution in [1.29, 1.82) is 5.26 Å². The van der Waals surface area contributed by atoms with Gasteiger partial charge >= 0.3 is 0 Å². The molecule has 5 nitrogen and oxygen atoms in total. The van der Waals surface area contributed by atoms with Crippen molar-refractivity contribution >= 4 is 5.88 Å². The summed E-state index contributed by atoms with van der Waals surface area (Å²) in [6, 6.07) is 18.7. The lowest BCUT2D eigenvalue weighted by Crippen LogP contribution is -2.46. The van der Waals surface area contributed by atoms with Crippen LogP contribution in [-0.4, -0.2) is 36.1 Å². The van der Waals surface area contributed by atoms with E-state index in [1.54, 1.807) is 18.2 Å². The zero-order valence-electron chi connectivity index (χ0n) is 14.8. The van der Waals surface area contributed by atoms with E-state index in [-0.39, 0.29) is 17.1 Å². The van der Waals surface area contributed by atoms with Crippen LogP contribution in [0.5, 0.6) is 0 Å². The number of piperazine rings is 1. The summed E-state index contributed by atoms with van der Waals surface area (Å²) in [5, 5.41) is 9.42. The Labute approximate surface area is 157 Å². The van der Waals surface area contributed by atoms with Crippen molar-refractivity contribution in [2.24, 2.45) is 0 Å². The Kier molecular flexibility index (Phi) is 4.86. The van der Waals surface area contributed by atoms with Gasteiger partial charge in [-0.1, -0.05) is 42.5 Å². The van der Waals surface area contributed by atoms with E-state index in [2.05, 4.69) is 28.1 Å². The van der Waals surface area contributed by atoms with Crippen LogP contribution in [0.4, 0.5) is 10.3 Å². The maximum absolute atomic E-state index is 14.0. The number of hydrogen-bond acceptors (Lipinski definition) is 5. The largest absolute Gasteiger partial charge is 0.419 e. The highest BCUT2D eigenvalue weighted by atomic mass is 19.1. The summed E-state index contributed by atoms with van der Waals surface area (Å²) in [5.74, 6) is 0.156. The molecule has 2 aromatic carbocycles. The molecule has 1 aromatic heterocycles. The van der Waals surface area contributed by atoms with Gasteiger partial charge in [0.25, 0.3) is 0 Å². The maximum Gasteiger partial charge on any atom is 0.235 e. The van der Waals surface area contributed by atoms with Crippen LogP contribution in [0.1, 0.15) is 11.3 Å². The van der Waals surface area contributed by atoms with Gasteiger partial charge in [-0.2, -0.15) is 10.2 Å². The topological polar surface area (TPSA) is 56.3 Å². The summed E-state index contributed by atoms with van der Waals surface area (Å²) in [4.78, 5) is 8.58. The SMILES string of the molecule is N#Cc1nc(-c2ccccc2F)oc1N1CCN(Cc2ccccc2)CC1. The van der Waals surface area contributed by atoms with Crippen molar-refractivity contribution in [1.82, 2.24) is 9.88 Å². The number of anilines is 1. The highest BCUT2D eigenvalue weighted by Crippen LogP contribution is 2.30. The molecule has 1 aliphatic rings. The molecule has 27 heavy (non-hydrogen) atoms. The van der Waals surface area contributed by atoms with Crippen molar-refractivity contribution in [3.8, 4) is 17.5 Å². The van der Waals surface area contributed by atoms with E-state index in [0.29, 0.717) is 5.88 Å². The van der Waals surface area contributed by atoms with Gasteiger partial charge in [-0.25, -0.2) is 4.39 Å². The van der Waals surface area contributed by atoms with Crippen LogP contribution in [0, 0.1) is 17.1 Å². The molecule has 0 aliphatic carbocycles. The minimum atomic E-state index is -0.414. The smallest absolute Gasteiger partial charge is 0.235 e. The van der Waals surface area contributed by atoms with Gasteiger partial charge in [0.2, 0.25) is 17.5 Å². The Bertz CT molecular complexity index is 956. The number of nitriles is 1. The number of hydrogen-bond donors (Lipinski definition) is 0. The molecule has 0 spiro atoms. The Balaban J connectivity index is 1.48. The first-order valence-electron chi connectivity index (χ1n) is 8.91. The van der Waals surface area contributed by atoms with Crippen LogP contribution in [0.15, 0.2) is 59.0 Å². The van der Waals surface area contributed by atoms with E-state index in [0.717, 1.165) is 32.7 Å². The molecule has 0 unspecified atom stereocenters. The van der Waals surface area contributed by atoms with Crippen molar-refractivity contribution in [3.05, 3.63) is 71.7 Å². The number of oxazole rings is 1. The molecule has 1 fully saturated rings. The monoisotopic (exact) mass is 362 g/mol. The molecule has 4 rings (SSSR count). The molecule has 0 bridgehead atoms. The highest BCUT2D eigenvalue weighted by Gasteiger charge is 2.25. The second-order valence-corrected chi connectivity index (χ2v) is 6.51. The highest BCUT2D eigenvalue weighted by molar-refractivity contribution is 5.60. The van der Waals surface area contributed by atoms with E-state index in [4.69, 9.17) is 4.42 Å². The number of benzene rings is 2. The molecular formula is C21H19FN4O. The van der Waals surface area contributed by atoms with E-state index in [1.165, 1.54) is 11.6 Å². The van der Waals surface area contributed by atoms with Crippen molar-refractivity contribution in [2.75, 3.05) is 31.1 Å². The van der Waals surface area contributed by atoms with Gasteiger partial charge in [0.1, 0.15) is 11.9 Å². The molecule has 2 heterocycles. The van der Waals surface area contributed by atoms with Gasteiger partial charge in [-0.05, 0) is 17.7 Å². The number of rotatable bonds is 4. The fourth-order valence-corrected chi connectivity index (χ4v) is 3.30. The Morgan fingerprint density at radius 1 is 1.00 bits per heavy atom. The van der Waals surface area contributed by atoms with Crippen LogP contribution >= 0.6 is 0 Å². The van der Waals surface area contributed by atoms with Gasteiger partial charge in [0.15, 0.2) is 0 Å². The molecule has 136 valence electrons. The zero-order chi connectivity index (χ0) is 18.6. The average molecular weight is 362 g/mol. The maximum atomic E-state index is 14.0. The number of nitrogens with zero attached hydrogens (tertiary/aromatic N) is 4. The van der Waals surface area contributed by atoms with E-state index >= 15 is 0 Å². The third-order valence-corrected chi connectivity index (χ3v) is 4.73. The molecule has 1 saturated heterocycles. The Hall–Kier alpha value is -3.17. The predicted octanol–water partition coefficient (Wildman–Crippen LogP) is 3.67. The average Bonchev–Trinajstić information content (AvgIpc) is 3.14. The van der Waals surface area contributed by atoms with Crippen LogP contribution in [0.3, 0.4) is 0 Å². The first-order valence-corrected chi connectivity index (χ1v) is 8.91. The first kappa shape index (κ1) is 17.3. The minimum Gasteiger partial charge on any atom is -0.419 e. The van der Waals surface area contributed by atoms with Gasteiger partial charge < -0.3 is 9.32 Å². The van der Waals surface area contributed by atoms with Crippen molar-refractivity contribution < 1.29 is 8.81 Å². The predicted molar refractivity (Wildman–Crippen MR) is 101 cm³/mol. The summed E-state index contributed by atoms with van der Waals surface area (Å²) in [6.07, 6.45) is 0. The lowest BCUT2D eigenvalue weighted by Gasteiger charge is -2.34. The van der Waals surface area contributed by atoms with Crippen molar-refractivity contribution in [2.45, 2.75) is 6.54 Å². The lowest BCUT2D eigenvalue weighted by molar-refractivity contribution is 0.246. The van der Waals surface area contributed by atoms with Gasteiger partial charge in [0, 0.05) is 32.7 Å². The van der Waals surface area contributed by atoms with Crippen LogP contribution in [0.2, 0.25) is 0 Å². The molecule has 3 aromatic rings.